The number of rotatable bonds is 8. The van der Waals surface area contributed by atoms with Gasteiger partial charge in [0.1, 0.15) is 24.7 Å². The molecular weight excluding hydrogens is 352 g/mol. The highest BCUT2D eigenvalue weighted by atomic mass is 16.5. The lowest BCUT2D eigenvalue weighted by Gasteiger charge is -2.07. The van der Waals surface area contributed by atoms with Crippen molar-refractivity contribution < 1.29 is 9.47 Å². The minimum atomic E-state index is -0.0467. The molecule has 0 fully saturated rings. The molecule has 4 aromatic rings. The number of nitrogens with zero attached hydrogens (tertiary/aromatic N) is 2. The van der Waals surface area contributed by atoms with Gasteiger partial charge in [0.15, 0.2) is 0 Å². The first-order valence-corrected chi connectivity index (χ1v) is 9.37. The van der Waals surface area contributed by atoms with Crippen LogP contribution in [0.5, 0.6) is 11.5 Å². The van der Waals surface area contributed by atoms with Gasteiger partial charge in [-0.05, 0) is 36.4 Å². The van der Waals surface area contributed by atoms with Gasteiger partial charge >= 0.3 is 5.69 Å². The van der Waals surface area contributed by atoms with E-state index < -0.39 is 0 Å². The molecule has 0 saturated carbocycles. The molecule has 5 nitrogen and oxygen atoms in total. The molecule has 0 bridgehead atoms. The molecule has 0 aliphatic rings. The van der Waals surface area contributed by atoms with Crippen LogP contribution in [0.3, 0.4) is 0 Å². The zero-order valence-electron chi connectivity index (χ0n) is 15.5. The number of hydrogen-bond donors (Lipinski definition) is 0. The zero-order chi connectivity index (χ0) is 19.2. The van der Waals surface area contributed by atoms with Crippen molar-refractivity contribution in [3.8, 4) is 11.5 Å². The summed E-state index contributed by atoms with van der Waals surface area (Å²) in [5.41, 5.74) is 1.77. The summed E-state index contributed by atoms with van der Waals surface area (Å²) in [7, 11) is 0. The van der Waals surface area contributed by atoms with Crippen LogP contribution in [-0.4, -0.2) is 22.3 Å². The number of benzene rings is 3. The molecule has 0 saturated heterocycles. The second kappa shape index (κ2) is 8.48. The number of imidazole rings is 1. The predicted octanol–water partition coefficient (Wildman–Crippen LogP) is 3.96. The Balaban J connectivity index is 1.49. The van der Waals surface area contributed by atoms with Crippen molar-refractivity contribution in [3.05, 3.63) is 95.4 Å². The fourth-order valence-electron chi connectivity index (χ4n) is 3.25. The highest BCUT2D eigenvalue weighted by molar-refractivity contribution is 5.76. The van der Waals surface area contributed by atoms with Crippen molar-refractivity contribution in [3.63, 3.8) is 0 Å². The van der Waals surface area contributed by atoms with Gasteiger partial charge in [0, 0.05) is 0 Å². The number of aromatic nitrogens is 2. The lowest BCUT2D eigenvalue weighted by molar-refractivity contribution is 0.290. The van der Waals surface area contributed by atoms with Crippen LogP contribution in [0.25, 0.3) is 11.0 Å². The van der Waals surface area contributed by atoms with E-state index >= 15 is 0 Å². The molecule has 142 valence electrons. The lowest BCUT2D eigenvalue weighted by Crippen LogP contribution is -2.27. The summed E-state index contributed by atoms with van der Waals surface area (Å²) in [6.07, 6.45) is 0. The van der Waals surface area contributed by atoms with Crippen molar-refractivity contribution in [1.29, 1.82) is 0 Å². The monoisotopic (exact) mass is 374 g/mol. The standard InChI is InChI=1S/C23H22N2O3/c26-23-24(15-17-27-19-9-3-1-4-10-19)21-13-7-8-14-22(21)25(23)16-18-28-20-11-5-2-6-12-20/h1-14H,15-18H2. The molecule has 0 spiro atoms. The van der Waals surface area contributed by atoms with Crippen LogP contribution in [0.1, 0.15) is 0 Å². The third kappa shape index (κ3) is 3.93. The average molecular weight is 374 g/mol. The predicted molar refractivity (Wildman–Crippen MR) is 110 cm³/mol. The number of hydrogen-bond acceptors (Lipinski definition) is 3. The van der Waals surface area contributed by atoms with E-state index in [1.54, 1.807) is 9.13 Å². The Labute approximate surface area is 163 Å². The lowest BCUT2D eigenvalue weighted by atomic mass is 10.3. The number of para-hydroxylation sites is 4. The molecule has 0 aliphatic heterocycles. The first kappa shape index (κ1) is 17.9. The van der Waals surface area contributed by atoms with Crippen LogP contribution in [0.15, 0.2) is 89.7 Å². The van der Waals surface area contributed by atoms with Gasteiger partial charge in [-0.1, -0.05) is 48.5 Å². The Kier molecular flexibility index (Phi) is 5.43. The third-order valence-electron chi connectivity index (χ3n) is 4.58. The van der Waals surface area contributed by atoms with Crippen LogP contribution in [0, 0.1) is 0 Å². The van der Waals surface area contributed by atoms with E-state index in [0.717, 1.165) is 22.5 Å². The molecule has 4 rings (SSSR count). The summed E-state index contributed by atoms with van der Waals surface area (Å²) in [6.45, 7) is 1.83. The van der Waals surface area contributed by atoms with Gasteiger partial charge < -0.3 is 9.47 Å². The molecule has 0 atom stereocenters. The second-order valence-electron chi connectivity index (χ2n) is 6.40. The summed E-state index contributed by atoms with van der Waals surface area (Å²) in [4.78, 5) is 13.0. The van der Waals surface area contributed by atoms with E-state index in [1.807, 2.05) is 84.9 Å². The molecular formula is C23H22N2O3. The Morgan fingerprint density at radius 2 is 0.964 bits per heavy atom. The van der Waals surface area contributed by atoms with Gasteiger partial charge in [0.2, 0.25) is 0 Å². The van der Waals surface area contributed by atoms with Crippen LogP contribution in [0.4, 0.5) is 0 Å². The molecule has 1 aromatic heterocycles. The summed E-state index contributed by atoms with van der Waals surface area (Å²) in [5.74, 6) is 1.60. The van der Waals surface area contributed by atoms with Crippen LogP contribution >= 0.6 is 0 Å². The minimum Gasteiger partial charge on any atom is -0.492 e. The highest BCUT2D eigenvalue weighted by Crippen LogP contribution is 2.14. The second-order valence-corrected chi connectivity index (χ2v) is 6.40. The quantitative estimate of drug-likeness (QED) is 0.469. The first-order chi connectivity index (χ1) is 13.8. The first-order valence-electron chi connectivity index (χ1n) is 9.37. The largest absolute Gasteiger partial charge is 0.492 e. The topological polar surface area (TPSA) is 45.4 Å². The van der Waals surface area contributed by atoms with Gasteiger partial charge in [-0.2, -0.15) is 0 Å². The van der Waals surface area contributed by atoms with Gasteiger partial charge in [-0.3, -0.25) is 9.13 Å². The number of ether oxygens (including phenoxy) is 2. The highest BCUT2D eigenvalue weighted by Gasteiger charge is 2.12. The molecule has 1 heterocycles. The summed E-state index contributed by atoms with van der Waals surface area (Å²) in [6, 6.07) is 27.1. The number of fused-ring (bicyclic) bond motifs is 1. The maximum Gasteiger partial charge on any atom is 0.329 e. The van der Waals surface area contributed by atoms with E-state index in [9.17, 15) is 4.79 Å². The fraction of sp³-hybridized carbons (Fsp3) is 0.174. The van der Waals surface area contributed by atoms with E-state index in [4.69, 9.17) is 9.47 Å². The Bertz CT molecular complexity index is 1000. The minimum absolute atomic E-state index is 0.0467. The summed E-state index contributed by atoms with van der Waals surface area (Å²) >= 11 is 0. The zero-order valence-corrected chi connectivity index (χ0v) is 15.5. The molecule has 0 amide bonds. The Morgan fingerprint density at radius 1 is 0.571 bits per heavy atom. The van der Waals surface area contributed by atoms with Gasteiger partial charge in [0.05, 0.1) is 24.1 Å². The van der Waals surface area contributed by atoms with E-state index in [0.29, 0.717) is 26.3 Å². The normalized spacial score (nSPS) is 10.9. The van der Waals surface area contributed by atoms with Crippen molar-refractivity contribution in [2.75, 3.05) is 13.2 Å². The van der Waals surface area contributed by atoms with Crippen molar-refractivity contribution in [1.82, 2.24) is 9.13 Å². The Morgan fingerprint density at radius 3 is 1.39 bits per heavy atom. The fourth-order valence-corrected chi connectivity index (χ4v) is 3.25. The van der Waals surface area contributed by atoms with Crippen molar-refractivity contribution in [2.45, 2.75) is 13.1 Å². The molecule has 0 radical (unpaired) electrons. The molecule has 0 N–H and O–H groups in total. The molecule has 3 aromatic carbocycles. The van der Waals surface area contributed by atoms with E-state index in [-0.39, 0.29) is 5.69 Å². The van der Waals surface area contributed by atoms with Crippen LogP contribution < -0.4 is 15.2 Å². The maximum absolute atomic E-state index is 13.0. The maximum atomic E-state index is 13.0. The average Bonchev–Trinajstić information content (AvgIpc) is 3.01. The van der Waals surface area contributed by atoms with Crippen LogP contribution in [0.2, 0.25) is 0 Å². The smallest absolute Gasteiger partial charge is 0.329 e. The van der Waals surface area contributed by atoms with E-state index in [1.165, 1.54) is 0 Å². The summed E-state index contributed by atoms with van der Waals surface area (Å²) < 4.78 is 15.1. The van der Waals surface area contributed by atoms with E-state index in [2.05, 4.69) is 0 Å². The molecule has 28 heavy (non-hydrogen) atoms. The molecule has 0 aliphatic carbocycles. The summed E-state index contributed by atoms with van der Waals surface area (Å²) in [5, 5.41) is 0. The third-order valence-corrected chi connectivity index (χ3v) is 4.58. The van der Waals surface area contributed by atoms with Gasteiger partial charge in [0.25, 0.3) is 0 Å². The van der Waals surface area contributed by atoms with Crippen LogP contribution in [-0.2, 0) is 13.1 Å². The van der Waals surface area contributed by atoms with Crippen molar-refractivity contribution in [2.24, 2.45) is 0 Å². The Hall–Kier alpha value is -3.47. The molecule has 0 unspecified atom stereocenters. The van der Waals surface area contributed by atoms with Gasteiger partial charge in [-0.25, -0.2) is 4.79 Å². The molecule has 5 heteroatoms. The van der Waals surface area contributed by atoms with Gasteiger partial charge in [-0.15, -0.1) is 0 Å². The van der Waals surface area contributed by atoms with Crippen molar-refractivity contribution >= 4 is 11.0 Å². The SMILES string of the molecule is O=c1n(CCOc2ccccc2)c2ccccc2n1CCOc1ccccc1.